The number of carbonyl (C=O) groups excluding carboxylic acids is 2. The van der Waals surface area contributed by atoms with Gasteiger partial charge in [0.1, 0.15) is 22.2 Å². The first kappa shape index (κ1) is 29.0. The van der Waals surface area contributed by atoms with Gasteiger partial charge in [-0.2, -0.15) is 0 Å². The molecule has 3 heterocycles. The second kappa shape index (κ2) is 9.72. The zero-order valence-electron chi connectivity index (χ0n) is 25.3. The lowest BCUT2D eigenvalue weighted by atomic mass is 9.90. The highest BCUT2D eigenvalue weighted by Crippen LogP contribution is 2.66. The number of imide groups is 1. The van der Waals surface area contributed by atoms with E-state index in [0.717, 1.165) is 32.1 Å². The number of fused-ring (bicyclic) bond motifs is 3. The molecular weight excluding hydrogens is 566 g/mol. The summed E-state index contributed by atoms with van der Waals surface area (Å²) in [5.74, 6) is 0.860. The van der Waals surface area contributed by atoms with Crippen LogP contribution in [0.3, 0.4) is 0 Å². The minimum absolute atomic E-state index is 0.0783. The Morgan fingerprint density at radius 1 is 1.12 bits per heavy atom. The van der Waals surface area contributed by atoms with Crippen LogP contribution < -0.4 is 10.2 Å². The molecule has 1 fully saturated rings. The van der Waals surface area contributed by atoms with Gasteiger partial charge in [0.2, 0.25) is 15.9 Å². The molecule has 1 saturated carbocycles. The smallest absolute Gasteiger partial charge is 0.421 e. The van der Waals surface area contributed by atoms with Crippen LogP contribution in [0.4, 0.5) is 16.3 Å². The van der Waals surface area contributed by atoms with Crippen molar-refractivity contribution >= 4 is 39.4 Å². The van der Waals surface area contributed by atoms with E-state index in [0.29, 0.717) is 35.9 Å². The number of benzene rings is 2. The zero-order chi connectivity index (χ0) is 31.1. The Balaban J connectivity index is 1.25. The van der Waals surface area contributed by atoms with Crippen molar-refractivity contribution in [2.75, 3.05) is 24.3 Å². The van der Waals surface area contributed by atoms with Gasteiger partial charge in [0.15, 0.2) is 0 Å². The number of amides is 2. The molecule has 10 nitrogen and oxygen atoms in total. The summed E-state index contributed by atoms with van der Waals surface area (Å²) < 4.78 is 31.8. The number of ether oxygens (including phenoxy) is 1. The number of aliphatic imine (C=N–C) groups is 1. The first-order chi connectivity index (χ1) is 20.1. The molecule has 2 aromatic carbocycles. The fourth-order valence-electron chi connectivity index (χ4n) is 6.01. The van der Waals surface area contributed by atoms with E-state index in [1.165, 1.54) is 25.2 Å². The maximum atomic E-state index is 14.0. The number of amidine groups is 1. The summed E-state index contributed by atoms with van der Waals surface area (Å²) >= 11 is 0. The lowest BCUT2D eigenvalue weighted by Gasteiger charge is -2.24. The number of rotatable bonds is 4. The number of anilines is 2. The van der Waals surface area contributed by atoms with Crippen LogP contribution in [0, 0.1) is 13.8 Å². The van der Waals surface area contributed by atoms with Crippen LogP contribution in [0.5, 0.6) is 0 Å². The molecule has 0 unspecified atom stereocenters. The second-order valence-corrected chi connectivity index (χ2v) is 14.9. The number of aromatic nitrogens is 1. The summed E-state index contributed by atoms with van der Waals surface area (Å²) in [6.07, 6.45) is 1.30. The van der Waals surface area contributed by atoms with Gasteiger partial charge in [-0.05, 0) is 75.4 Å². The van der Waals surface area contributed by atoms with E-state index in [-0.39, 0.29) is 16.7 Å². The van der Waals surface area contributed by atoms with Crippen LogP contribution in [0.1, 0.15) is 66.5 Å². The largest absolute Gasteiger partial charge is 0.443 e. The average molecular weight is 602 g/mol. The number of sulfonamides is 1. The predicted molar refractivity (Wildman–Crippen MR) is 164 cm³/mol. The molecular formula is C32H35N5O5S. The van der Waals surface area contributed by atoms with Gasteiger partial charge in [0, 0.05) is 31.8 Å². The molecule has 224 valence electrons. The molecule has 1 aromatic heterocycles. The molecule has 2 aliphatic heterocycles. The third-order valence-corrected chi connectivity index (χ3v) is 10.0. The number of hydrogen-bond acceptors (Lipinski definition) is 8. The van der Waals surface area contributed by atoms with Gasteiger partial charge >= 0.3 is 6.09 Å². The maximum absolute atomic E-state index is 14.0. The van der Waals surface area contributed by atoms with Crippen LogP contribution in [0.25, 0.3) is 0 Å². The first-order valence-corrected chi connectivity index (χ1v) is 15.6. The second-order valence-electron chi connectivity index (χ2n) is 12.7. The minimum Gasteiger partial charge on any atom is -0.443 e. The SMILES string of the molecule is Cc1ccc2c(c1)[C@]1(C[C@H]1c1ccc3c(c1)CN=C3Nc1ncc(S(=O)(=O)N(C)C)cc1C)C(=O)N2C(=O)OC(C)(C)C. The lowest BCUT2D eigenvalue weighted by molar-refractivity contribution is -0.120. The monoisotopic (exact) mass is 601 g/mol. The van der Waals surface area contributed by atoms with E-state index in [9.17, 15) is 18.0 Å². The molecule has 2 amide bonds. The van der Waals surface area contributed by atoms with Gasteiger partial charge in [0.25, 0.3) is 0 Å². The number of aryl methyl sites for hydroxylation is 2. The topological polar surface area (TPSA) is 121 Å². The molecule has 0 radical (unpaired) electrons. The zero-order valence-corrected chi connectivity index (χ0v) is 26.2. The van der Waals surface area contributed by atoms with E-state index in [4.69, 9.17) is 4.74 Å². The van der Waals surface area contributed by atoms with Gasteiger partial charge < -0.3 is 10.1 Å². The van der Waals surface area contributed by atoms with E-state index < -0.39 is 27.1 Å². The predicted octanol–water partition coefficient (Wildman–Crippen LogP) is 5.03. The number of carbonyl (C=O) groups is 2. The van der Waals surface area contributed by atoms with E-state index in [1.807, 2.05) is 37.3 Å². The lowest BCUT2D eigenvalue weighted by Crippen LogP contribution is -2.41. The number of nitrogens with one attached hydrogen (secondary N) is 1. The Labute approximate surface area is 251 Å². The number of hydrogen-bond donors (Lipinski definition) is 1. The van der Waals surface area contributed by atoms with Crippen LogP contribution in [0.2, 0.25) is 0 Å². The molecule has 1 spiro atoms. The summed E-state index contributed by atoms with van der Waals surface area (Å²) in [5, 5.41) is 3.27. The fraction of sp³-hybridized carbons (Fsp3) is 0.375. The standard InChI is InChI=1S/C32H35N5O5S/c1-18-8-11-26-24(12-18)32(29(38)37(26)30(39)42-31(3,4)5)15-25(32)20-9-10-23-21(14-20)16-33-28(23)35-27-19(2)13-22(17-34-27)43(40,41)36(6)7/h8-14,17,25H,15-16H2,1-7H3,(H,33,34,35)/t25-,32-/m0/s1. The van der Waals surface area contributed by atoms with Crippen molar-refractivity contribution in [3.63, 3.8) is 0 Å². The average Bonchev–Trinajstić information content (AvgIpc) is 3.49. The Morgan fingerprint density at radius 3 is 2.53 bits per heavy atom. The molecule has 6 rings (SSSR count). The summed E-state index contributed by atoms with van der Waals surface area (Å²) in [4.78, 5) is 37.5. The van der Waals surface area contributed by atoms with Gasteiger partial charge in [0.05, 0.1) is 17.6 Å². The third-order valence-electron chi connectivity index (χ3n) is 8.26. The highest BCUT2D eigenvalue weighted by molar-refractivity contribution is 7.89. The number of pyridine rings is 1. The summed E-state index contributed by atoms with van der Waals surface area (Å²) in [6, 6.07) is 13.5. The highest BCUT2D eigenvalue weighted by Gasteiger charge is 2.68. The quantitative estimate of drug-likeness (QED) is 0.445. The molecule has 0 saturated heterocycles. The molecule has 11 heteroatoms. The Bertz CT molecular complexity index is 1840. The van der Waals surface area contributed by atoms with Crippen LogP contribution in [0.15, 0.2) is 58.5 Å². The normalized spacial score (nSPS) is 20.7. The molecule has 43 heavy (non-hydrogen) atoms. The molecule has 3 aromatic rings. The summed E-state index contributed by atoms with van der Waals surface area (Å²) in [6.45, 7) is 9.61. The molecule has 0 bridgehead atoms. The molecule has 1 N–H and O–H groups in total. The summed E-state index contributed by atoms with van der Waals surface area (Å²) in [7, 11) is -0.621. The Morgan fingerprint density at radius 2 is 1.86 bits per heavy atom. The Hall–Kier alpha value is -4.09. The van der Waals surface area contributed by atoms with Crippen molar-refractivity contribution in [3.8, 4) is 0 Å². The van der Waals surface area contributed by atoms with Gasteiger partial charge in [-0.25, -0.2) is 27.4 Å². The van der Waals surface area contributed by atoms with Gasteiger partial charge in [-0.15, -0.1) is 0 Å². The van der Waals surface area contributed by atoms with Gasteiger partial charge in [-0.3, -0.25) is 9.79 Å². The fourth-order valence-corrected chi connectivity index (χ4v) is 6.94. The summed E-state index contributed by atoms with van der Waals surface area (Å²) in [5.41, 5.74) is 4.60. The van der Waals surface area contributed by atoms with Crippen molar-refractivity contribution in [1.82, 2.24) is 9.29 Å². The van der Waals surface area contributed by atoms with Gasteiger partial charge in [-0.1, -0.05) is 35.9 Å². The van der Waals surface area contributed by atoms with Crippen LogP contribution in [-0.2, 0) is 31.5 Å². The van der Waals surface area contributed by atoms with Crippen molar-refractivity contribution in [2.45, 2.75) is 69.4 Å². The van der Waals surface area contributed by atoms with Crippen molar-refractivity contribution in [3.05, 3.63) is 82.0 Å². The third kappa shape index (κ3) is 4.71. The molecule has 3 aliphatic rings. The maximum Gasteiger partial charge on any atom is 0.421 e. The van der Waals surface area contributed by atoms with E-state index in [2.05, 4.69) is 21.4 Å². The minimum atomic E-state index is -3.59. The number of nitrogens with zero attached hydrogens (tertiary/aromatic N) is 4. The van der Waals surface area contributed by atoms with E-state index in [1.54, 1.807) is 33.8 Å². The first-order valence-electron chi connectivity index (χ1n) is 14.2. The van der Waals surface area contributed by atoms with Crippen molar-refractivity contribution in [1.29, 1.82) is 0 Å². The van der Waals surface area contributed by atoms with Crippen LogP contribution in [-0.4, -0.2) is 55.2 Å². The molecule has 1 aliphatic carbocycles. The highest BCUT2D eigenvalue weighted by atomic mass is 32.2. The van der Waals surface area contributed by atoms with E-state index >= 15 is 0 Å². The van der Waals surface area contributed by atoms with Crippen molar-refractivity contribution < 1.29 is 22.7 Å². The van der Waals surface area contributed by atoms with Crippen LogP contribution >= 0.6 is 0 Å². The van der Waals surface area contributed by atoms with Crippen molar-refractivity contribution in [2.24, 2.45) is 4.99 Å². The molecule has 2 atom stereocenters. The Kier molecular flexibility index (Phi) is 6.55.